The molecular weight excluding hydrogens is 470 g/mol. The highest BCUT2D eigenvalue weighted by molar-refractivity contribution is 7.08. The molecule has 0 saturated carbocycles. The standard InChI is InChI=1S/C27H23N7OS/c1-2-3-4-25(35)30-18-9-17(11-28-12-18)21-5-6-22-26(32-21)27(34-33-22)23-10-19-20(16-7-8-36-15-16)13-29-14-24(19)31-23/h5-15,31H,2-4H2,1H3,(H,30,35)(H,33,34). The van der Waals surface area contributed by atoms with E-state index >= 15 is 0 Å². The van der Waals surface area contributed by atoms with Crippen molar-refractivity contribution in [3.63, 3.8) is 0 Å². The smallest absolute Gasteiger partial charge is 0.224 e. The molecule has 3 N–H and O–H groups in total. The van der Waals surface area contributed by atoms with Crippen molar-refractivity contribution >= 4 is 44.9 Å². The van der Waals surface area contributed by atoms with Crippen LogP contribution in [-0.4, -0.2) is 36.0 Å². The number of fused-ring (bicyclic) bond motifs is 2. The van der Waals surface area contributed by atoms with E-state index in [0.29, 0.717) is 12.1 Å². The maximum absolute atomic E-state index is 12.2. The molecule has 1 amide bonds. The lowest BCUT2D eigenvalue weighted by atomic mass is 10.1. The van der Waals surface area contributed by atoms with E-state index in [2.05, 4.69) is 60.3 Å². The third kappa shape index (κ3) is 4.14. The Kier molecular flexibility index (Phi) is 5.74. The van der Waals surface area contributed by atoms with Crippen molar-refractivity contribution in [2.45, 2.75) is 26.2 Å². The Bertz CT molecular complexity index is 1680. The highest BCUT2D eigenvalue weighted by Crippen LogP contribution is 2.34. The summed E-state index contributed by atoms with van der Waals surface area (Å²) in [6.07, 6.45) is 9.45. The summed E-state index contributed by atoms with van der Waals surface area (Å²) in [5.41, 5.74) is 8.57. The lowest BCUT2D eigenvalue weighted by Gasteiger charge is -2.07. The van der Waals surface area contributed by atoms with Crippen molar-refractivity contribution in [1.29, 1.82) is 0 Å². The number of carbonyl (C=O) groups is 1. The first kappa shape index (κ1) is 22.1. The summed E-state index contributed by atoms with van der Waals surface area (Å²) in [5, 5.41) is 15.9. The number of hydrogen-bond acceptors (Lipinski definition) is 6. The first-order valence-electron chi connectivity index (χ1n) is 11.8. The number of rotatable bonds is 7. The molecule has 0 aliphatic rings. The minimum atomic E-state index is -0.00791. The minimum Gasteiger partial charge on any atom is -0.352 e. The second-order valence-electron chi connectivity index (χ2n) is 8.62. The second kappa shape index (κ2) is 9.35. The molecule has 6 heterocycles. The molecule has 6 aromatic rings. The van der Waals surface area contributed by atoms with Gasteiger partial charge in [0.25, 0.3) is 0 Å². The Balaban J connectivity index is 1.37. The summed E-state index contributed by atoms with van der Waals surface area (Å²) in [6, 6.07) is 9.98. The Hall–Kier alpha value is -4.37. The number of nitrogens with one attached hydrogen (secondary N) is 3. The van der Waals surface area contributed by atoms with Gasteiger partial charge in [-0.3, -0.25) is 19.9 Å². The predicted molar refractivity (Wildman–Crippen MR) is 144 cm³/mol. The fraction of sp³-hybridized carbons (Fsp3) is 0.148. The fourth-order valence-electron chi connectivity index (χ4n) is 4.28. The van der Waals surface area contributed by atoms with Gasteiger partial charge < -0.3 is 10.3 Å². The first-order chi connectivity index (χ1) is 17.7. The van der Waals surface area contributed by atoms with Gasteiger partial charge in [-0.15, -0.1) is 0 Å². The molecular formula is C27H23N7OS. The van der Waals surface area contributed by atoms with Crippen LogP contribution in [0.4, 0.5) is 5.69 Å². The summed E-state index contributed by atoms with van der Waals surface area (Å²) < 4.78 is 0. The summed E-state index contributed by atoms with van der Waals surface area (Å²) >= 11 is 1.66. The Labute approximate surface area is 210 Å². The van der Waals surface area contributed by atoms with Gasteiger partial charge in [-0.05, 0) is 53.1 Å². The number of thiophene rings is 1. The van der Waals surface area contributed by atoms with Crippen LogP contribution in [0.15, 0.2) is 65.9 Å². The monoisotopic (exact) mass is 493 g/mol. The van der Waals surface area contributed by atoms with E-state index in [1.165, 1.54) is 0 Å². The number of aromatic nitrogens is 6. The number of aromatic amines is 2. The molecule has 0 unspecified atom stereocenters. The molecule has 6 aromatic heterocycles. The van der Waals surface area contributed by atoms with Gasteiger partial charge in [0.05, 0.1) is 40.5 Å². The molecule has 0 bridgehead atoms. The van der Waals surface area contributed by atoms with Crippen molar-refractivity contribution in [2.75, 3.05) is 5.32 Å². The van der Waals surface area contributed by atoms with Crippen molar-refractivity contribution in [3.05, 3.63) is 65.9 Å². The molecule has 178 valence electrons. The molecule has 0 aliphatic carbocycles. The van der Waals surface area contributed by atoms with Gasteiger partial charge in [-0.25, -0.2) is 4.98 Å². The van der Waals surface area contributed by atoms with Gasteiger partial charge in [0.2, 0.25) is 5.91 Å². The molecule has 9 heteroatoms. The first-order valence-corrected chi connectivity index (χ1v) is 12.7. The average Bonchev–Trinajstić information content (AvgIpc) is 3.66. The third-order valence-electron chi connectivity index (χ3n) is 6.12. The van der Waals surface area contributed by atoms with Crippen molar-refractivity contribution in [2.24, 2.45) is 0 Å². The number of amides is 1. The molecule has 8 nitrogen and oxygen atoms in total. The Morgan fingerprint density at radius 1 is 1.03 bits per heavy atom. The lowest BCUT2D eigenvalue weighted by Crippen LogP contribution is -2.11. The maximum atomic E-state index is 12.2. The summed E-state index contributed by atoms with van der Waals surface area (Å²) in [7, 11) is 0. The van der Waals surface area contributed by atoms with Crippen LogP contribution < -0.4 is 5.32 Å². The number of hydrogen-bond donors (Lipinski definition) is 3. The molecule has 0 spiro atoms. The average molecular weight is 494 g/mol. The van der Waals surface area contributed by atoms with Crippen LogP contribution in [-0.2, 0) is 4.79 Å². The number of unbranched alkanes of at least 4 members (excludes halogenated alkanes) is 1. The van der Waals surface area contributed by atoms with Crippen LogP contribution in [0.25, 0.3) is 55.7 Å². The van der Waals surface area contributed by atoms with E-state index in [4.69, 9.17) is 4.98 Å². The highest BCUT2D eigenvalue weighted by Gasteiger charge is 2.16. The zero-order valence-electron chi connectivity index (χ0n) is 19.6. The van der Waals surface area contributed by atoms with Gasteiger partial charge in [0, 0.05) is 35.3 Å². The van der Waals surface area contributed by atoms with E-state index in [1.807, 2.05) is 30.6 Å². The molecule has 0 radical (unpaired) electrons. The zero-order chi connectivity index (χ0) is 24.5. The number of carbonyl (C=O) groups excluding carboxylic acids is 1. The van der Waals surface area contributed by atoms with Gasteiger partial charge in [0.1, 0.15) is 11.2 Å². The van der Waals surface area contributed by atoms with Crippen molar-refractivity contribution < 1.29 is 4.79 Å². The maximum Gasteiger partial charge on any atom is 0.224 e. The fourth-order valence-corrected chi connectivity index (χ4v) is 4.94. The van der Waals surface area contributed by atoms with Gasteiger partial charge in [-0.1, -0.05) is 13.3 Å². The molecule has 36 heavy (non-hydrogen) atoms. The van der Waals surface area contributed by atoms with Gasteiger partial charge in [-0.2, -0.15) is 16.4 Å². The van der Waals surface area contributed by atoms with E-state index in [0.717, 1.165) is 68.6 Å². The molecule has 0 fully saturated rings. The van der Waals surface area contributed by atoms with E-state index < -0.39 is 0 Å². The topological polar surface area (TPSA) is 112 Å². The second-order valence-corrected chi connectivity index (χ2v) is 9.40. The van der Waals surface area contributed by atoms with E-state index in [1.54, 1.807) is 23.7 Å². The zero-order valence-corrected chi connectivity index (χ0v) is 20.4. The van der Waals surface area contributed by atoms with E-state index in [-0.39, 0.29) is 5.91 Å². The third-order valence-corrected chi connectivity index (χ3v) is 6.80. The van der Waals surface area contributed by atoms with Gasteiger partial charge in [0.15, 0.2) is 0 Å². The van der Waals surface area contributed by atoms with Gasteiger partial charge >= 0.3 is 0 Å². The number of H-pyrrole nitrogens is 2. The number of nitrogens with zero attached hydrogens (tertiary/aromatic N) is 4. The normalized spacial score (nSPS) is 11.4. The predicted octanol–water partition coefficient (Wildman–Crippen LogP) is 6.42. The largest absolute Gasteiger partial charge is 0.352 e. The molecule has 0 aliphatic heterocycles. The molecule has 0 saturated heterocycles. The molecule has 0 atom stereocenters. The summed E-state index contributed by atoms with van der Waals surface area (Å²) in [6.45, 7) is 2.07. The SMILES string of the molecule is CCCCC(=O)Nc1cncc(-c2ccc3[nH]nc(-c4cc5c(-c6ccsc6)cncc5[nH]4)c3n2)c1. The number of pyridine rings is 3. The van der Waals surface area contributed by atoms with E-state index in [9.17, 15) is 4.79 Å². The van der Waals surface area contributed by atoms with Crippen LogP contribution in [0, 0.1) is 0 Å². The lowest BCUT2D eigenvalue weighted by molar-refractivity contribution is -0.116. The molecule has 6 rings (SSSR count). The highest BCUT2D eigenvalue weighted by atomic mass is 32.1. The summed E-state index contributed by atoms with van der Waals surface area (Å²) in [5.74, 6) is -0.00791. The van der Waals surface area contributed by atoms with Crippen LogP contribution in [0.1, 0.15) is 26.2 Å². The summed E-state index contributed by atoms with van der Waals surface area (Å²) in [4.78, 5) is 29.3. The van der Waals surface area contributed by atoms with Crippen LogP contribution >= 0.6 is 11.3 Å². The Morgan fingerprint density at radius 2 is 1.94 bits per heavy atom. The Morgan fingerprint density at radius 3 is 2.81 bits per heavy atom. The van der Waals surface area contributed by atoms with Crippen LogP contribution in [0.5, 0.6) is 0 Å². The quantitative estimate of drug-likeness (QED) is 0.237. The van der Waals surface area contributed by atoms with Crippen LogP contribution in [0.2, 0.25) is 0 Å². The minimum absolute atomic E-state index is 0.00791. The van der Waals surface area contributed by atoms with Crippen molar-refractivity contribution in [1.82, 2.24) is 30.1 Å². The number of anilines is 1. The van der Waals surface area contributed by atoms with Crippen LogP contribution in [0.3, 0.4) is 0 Å². The van der Waals surface area contributed by atoms with Crippen molar-refractivity contribution in [3.8, 4) is 33.8 Å². The molecule has 0 aromatic carbocycles.